The molecule has 84 valence electrons. The quantitative estimate of drug-likeness (QED) is 0.757. The molecule has 2 nitrogen and oxygen atoms in total. The van der Waals surface area contributed by atoms with Crippen molar-refractivity contribution in [3.8, 4) is 0 Å². The third-order valence-corrected chi connectivity index (χ3v) is 5.25. The first kappa shape index (κ1) is 13.0. The Morgan fingerprint density at radius 1 is 1.27 bits per heavy atom. The van der Waals surface area contributed by atoms with Gasteiger partial charge in [0, 0.05) is 16.8 Å². The molecule has 1 unspecified atom stereocenters. The van der Waals surface area contributed by atoms with Crippen molar-refractivity contribution in [3.63, 3.8) is 0 Å². The molecule has 0 bridgehead atoms. The molecule has 0 fully saturated rings. The first-order valence-corrected chi connectivity index (χ1v) is 7.85. The van der Waals surface area contributed by atoms with E-state index in [-0.39, 0.29) is 0 Å². The van der Waals surface area contributed by atoms with Crippen molar-refractivity contribution < 1.29 is 9.09 Å². The number of hydrogen-bond donors (Lipinski definition) is 0. The predicted molar refractivity (Wildman–Crippen MR) is 67.6 cm³/mol. The van der Waals surface area contributed by atoms with Crippen LogP contribution >= 0.6 is 23.3 Å². The molecule has 0 spiro atoms. The Balaban J connectivity index is 2.75. The molecule has 0 aliphatic heterocycles. The molecule has 0 saturated heterocycles. The van der Waals surface area contributed by atoms with Crippen molar-refractivity contribution in [1.29, 1.82) is 0 Å². The molecule has 1 rings (SSSR count). The molecule has 1 aromatic carbocycles. The maximum atomic E-state index is 12.2. The van der Waals surface area contributed by atoms with Crippen molar-refractivity contribution in [3.05, 3.63) is 34.3 Å². The Morgan fingerprint density at radius 2 is 1.87 bits per heavy atom. The smallest absolute Gasteiger partial charge is 0.207 e. The molecular weight excluding hydrogens is 275 g/mol. The normalized spacial score (nSPS) is 14.9. The maximum Gasteiger partial charge on any atom is 0.207 e. The molecule has 0 N–H and O–H groups in total. The Kier molecular flexibility index (Phi) is 5.04. The minimum atomic E-state index is -2.45. The summed E-state index contributed by atoms with van der Waals surface area (Å²) in [5.74, 6) is 0. The summed E-state index contributed by atoms with van der Waals surface area (Å²) in [5, 5.41) is 0. The van der Waals surface area contributed by atoms with Crippen LogP contribution in [0.4, 0.5) is 0 Å². The van der Waals surface area contributed by atoms with Crippen LogP contribution in [0.2, 0.25) is 0 Å². The Bertz CT molecular complexity index is 348. The summed E-state index contributed by atoms with van der Waals surface area (Å²) in [5.41, 5.74) is 1.07. The van der Waals surface area contributed by atoms with E-state index in [2.05, 4.69) is 15.9 Å². The molecule has 4 heteroatoms. The predicted octanol–water partition coefficient (Wildman–Crippen LogP) is 4.28. The van der Waals surface area contributed by atoms with Gasteiger partial charge in [-0.1, -0.05) is 35.0 Å². The van der Waals surface area contributed by atoms with Crippen LogP contribution in [0.5, 0.6) is 0 Å². The Hall–Kier alpha value is -0.110. The average Bonchev–Trinajstić information content (AvgIpc) is 2.22. The van der Waals surface area contributed by atoms with Crippen molar-refractivity contribution in [2.75, 3.05) is 12.8 Å². The number of benzene rings is 1. The zero-order valence-electron chi connectivity index (χ0n) is 9.07. The lowest BCUT2D eigenvalue weighted by molar-refractivity contribution is 0.333. The zero-order valence-corrected chi connectivity index (χ0v) is 11.6. The van der Waals surface area contributed by atoms with E-state index in [9.17, 15) is 4.57 Å². The highest BCUT2D eigenvalue weighted by molar-refractivity contribution is 9.10. The molecule has 0 saturated carbocycles. The second kappa shape index (κ2) is 5.83. The van der Waals surface area contributed by atoms with E-state index in [1.807, 2.05) is 38.1 Å². The van der Waals surface area contributed by atoms with Gasteiger partial charge in [0.1, 0.15) is 0 Å². The monoisotopic (exact) mass is 290 g/mol. The molecule has 0 heterocycles. The van der Waals surface area contributed by atoms with Crippen molar-refractivity contribution in [2.45, 2.75) is 20.0 Å². The van der Waals surface area contributed by atoms with Gasteiger partial charge in [-0.3, -0.25) is 4.57 Å². The molecule has 0 radical (unpaired) electrons. The van der Waals surface area contributed by atoms with Crippen molar-refractivity contribution in [1.82, 2.24) is 0 Å². The van der Waals surface area contributed by atoms with Crippen LogP contribution in [-0.2, 0) is 15.3 Å². The molecule has 1 aromatic rings. The fourth-order valence-electron chi connectivity index (χ4n) is 1.35. The van der Waals surface area contributed by atoms with Gasteiger partial charge in [-0.2, -0.15) is 0 Å². The molecule has 0 aliphatic carbocycles. The van der Waals surface area contributed by atoms with Crippen LogP contribution in [0, 0.1) is 0 Å². The van der Waals surface area contributed by atoms with Crippen LogP contribution in [0.25, 0.3) is 0 Å². The average molecular weight is 291 g/mol. The number of halogens is 1. The summed E-state index contributed by atoms with van der Waals surface area (Å²) in [4.78, 5) is 0. The van der Waals surface area contributed by atoms with Gasteiger partial charge in [0.05, 0.1) is 6.61 Å². The summed E-state index contributed by atoms with van der Waals surface area (Å²) >= 11 is 3.37. The lowest BCUT2D eigenvalue weighted by Gasteiger charge is -2.15. The third-order valence-electron chi connectivity index (χ3n) is 2.18. The van der Waals surface area contributed by atoms with E-state index in [0.717, 1.165) is 10.0 Å². The molecule has 0 aromatic heterocycles. The minimum Gasteiger partial charge on any atom is -0.329 e. The largest absolute Gasteiger partial charge is 0.329 e. The second-order valence-electron chi connectivity index (χ2n) is 3.33. The van der Waals surface area contributed by atoms with Gasteiger partial charge in [0.25, 0.3) is 0 Å². The summed E-state index contributed by atoms with van der Waals surface area (Å²) in [6.45, 7) is 4.31. The van der Waals surface area contributed by atoms with Gasteiger partial charge < -0.3 is 4.52 Å². The topological polar surface area (TPSA) is 26.3 Å². The minimum absolute atomic E-state index is 0.516. The molecule has 15 heavy (non-hydrogen) atoms. The van der Waals surface area contributed by atoms with E-state index in [0.29, 0.717) is 18.9 Å². The first-order chi connectivity index (χ1) is 7.09. The van der Waals surface area contributed by atoms with E-state index in [1.54, 1.807) is 0 Å². The molecule has 0 amide bonds. The van der Waals surface area contributed by atoms with Crippen LogP contribution in [0.3, 0.4) is 0 Å². The van der Waals surface area contributed by atoms with E-state index in [4.69, 9.17) is 4.52 Å². The number of hydrogen-bond acceptors (Lipinski definition) is 2. The fourth-order valence-corrected chi connectivity index (χ4v) is 3.35. The molecule has 1 atom stereocenters. The molecular formula is C11H16BrO2P. The van der Waals surface area contributed by atoms with Crippen LogP contribution < -0.4 is 0 Å². The highest BCUT2D eigenvalue weighted by atomic mass is 79.9. The van der Waals surface area contributed by atoms with Gasteiger partial charge in [-0.15, -0.1) is 0 Å². The van der Waals surface area contributed by atoms with Gasteiger partial charge in [0.2, 0.25) is 7.37 Å². The van der Waals surface area contributed by atoms with Crippen LogP contribution in [0.1, 0.15) is 19.4 Å². The van der Waals surface area contributed by atoms with Crippen LogP contribution in [-0.4, -0.2) is 12.8 Å². The number of rotatable bonds is 5. The lowest BCUT2D eigenvalue weighted by atomic mass is 10.2. The van der Waals surface area contributed by atoms with E-state index >= 15 is 0 Å². The van der Waals surface area contributed by atoms with Crippen LogP contribution in [0.15, 0.2) is 28.7 Å². The van der Waals surface area contributed by atoms with Crippen molar-refractivity contribution >= 4 is 23.3 Å². The zero-order chi connectivity index (χ0) is 11.3. The SMILES string of the molecule is CCOP(=O)(CC)Cc1ccc(Br)cc1. The Morgan fingerprint density at radius 3 is 2.33 bits per heavy atom. The summed E-state index contributed by atoms with van der Waals surface area (Å²) in [7, 11) is -2.45. The summed E-state index contributed by atoms with van der Waals surface area (Å²) < 4.78 is 18.6. The maximum absolute atomic E-state index is 12.2. The summed E-state index contributed by atoms with van der Waals surface area (Å²) in [6.07, 6.45) is 1.13. The van der Waals surface area contributed by atoms with Gasteiger partial charge >= 0.3 is 0 Å². The highest BCUT2D eigenvalue weighted by Gasteiger charge is 2.20. The van der Waals surface area contributed by atoms with Gasteiger partial charge in [0.15, 0.2) is 0 Å². The van der Waals surface area contributed by atoms with Gasteiger partial charge in [-0.05, 0) is 24.6 Å². The highest BCUT2D eigenvalue weighted by Crippen LogP contribution is 2.49. The van der Waals surface area contributed by atoms with Gasteiger partial charge in [-0.25, -0.2) is 0 Å². The fraction of sp³-hybridized carbons (Fsp3) is 0.455. The first-order valence-electron chi connectivity index (χ1n) is 5.06. The molecule has 0 aliphatic rings. The van der Waals surface area contributed by atoms with Crippen molar-refractivity contribution in [2.24, 2.45) is 0 Å². The van der Waals surface area contributed by atoms with E-state index in [1.165, 1.54) is 0 Å². The summed E-state index contributed by atoms with van der Waals surface area (Å²) in [6, 6.07) is 7.87. The lowest BCUT2D eigenvalue weighted by Crippen LogP contribution is -1.96. The standard InChI is InChI=1S/C11H16BrO2P/c1-3-14-15(13,4-2)9-10-5-7-11(12)8-6-10/h5-8H,3-4,9H2,1-2H3. The van der Waals surface area contributed by atoms with E-state index < -0.39 is 7.37 Å². The Labute approximate surface area is 99.6 Å². The third kappa shape index (κ3) is 4.10. The second-order valence-corrected chi connectivity index (χ2v) is 7.08.